The van der Waals surface area contributed by atoms with Crippen LogP contribution in [0.4, 0.5) is 0 Å². The van der Waals surface area contributed by atoms with Crippen molar-refractivity contribution in [3.63, 3.8) is 0 Å². The highest BCUT2D eigenvalue weighted by molar-refractivity contribution is 7.90. The third-order valence-corrected chi connectivity index (χ3v) is 17.5. The van der Waals surface area contributed by atoms with E-state index < -0.39 is 21.2 Å². The quantitative estimate of drug-likeness (QED) is 0.179. The van der Waals surface area contributed by atoms with Crippen molar-refractivity contribution in [2.24, 2.45) is 51.2 Å². The van der Waals surface area contributed by atoms with E-state index in [0.29, 0.717) is 48.2 Å². The summed E-state index contributed by atoms with van der Waals surface area (Å²) in [5, 5.41) is 13.1. The molecule has 0 aromatic heterocycles. The fraction of sp³-hybridized carbons (Fsp3) is 0.732. The van der Waals surface area contributed by atoms with Gasteiger partial charge < -0.3 is 10.4 Å². The van der Waals surface area contributed by atoms with Crippen molar-refractivity contribution < 1.29 is 18.3 Å². The number of carboxylic acids is 1. The number of hydrogen-bond donors (Lipinski definition) is 3. The smallest absolute Gasteiger partial charge is 0.335 e. The second-order valence-electron chi connectivity index (χ2n) is 18.2. The Morgan fingerprint density at radius 2 is 1.60 bits per heavy atom. The Bertz CT molecular complexity index is 1580. The molecule has 7 heteroatoms. The molecule has 5 aliphatic rings. The summed E-state index contributed by atoms with van der Waals surface area (Å²) in [6, 6.07) is 7.54. The van der Waals surface area contributed by atoms with E-state index in [1.165, 1.54) is 49.7 Å². The van der Waals surface area contributed by atoms with Crippen LogP contribution in [0.3, 0.4) is 0 Å². The first kappa shape index (κ1) is 35.9. The Morgan fingerprint density at radius 3 is 2.23 bits per heavy atom. The van der Waals surface area contributed by atoms with Gasteiger partial charge in [0, 0.05) is 18.6 Å². The van der Waals surface area contributed by atoms with Crippen molar-refractivity contribution in [3.8, 4) is 0 Å². The number of sulfonamides is 1. The molecule has 9 atom stereocenters. The molecular weight excluding hydrogens is 617 g/mol. The zero-order chi connectivity index (χ0) is 35.1. The highest BCUT2D eigenvalue weighted by Gasteiger charge is 2.70. The van der Waals surface area contributed by atoms with Gasteiger partial charge in [0.25, 0.3) is 0 Å². The minimum atomic E-state index is -3.28. The maximum Gasteiger partial charge on any atom is 0.335 e. The van der Waals surface area contributed by atoms with Gasteiger partial charge >= 0.3 is 5.97 Å². The highest BCUT2D eigenvalue weighted by atomic mass is 32.2. The Balaban J connectivity index is 1.28. The molecule has 3 N–H and O–H groups in total. The van der Waals surface area contributed by atoms with E-state index in [1.54, 1.807) is 26.0 Å². The number of aromatic carboxylic acids is 1. The van der Waals surface area contributed by atoms with Gasteiger partial charge in [-0.15, -0.1) is 0 Å². The molecule has 0 heterocycles. The van der Waals surface area contributed by atoms with Gasteiger partial charge in [0.1, 0.15) is 0 Å². The van der Waals surface area contributed by atoms with E-state index in [-0.39, 0.29) is 27.2 Å². The van der Waals surface area contributed by atoms with Crippen LogP contribution in [0.2, 0.25) is 0 Å². The first-order chi connectivity index (χ1) is 22.3. The molecule has 1 aromatic carbocycles. The number of benzene rings is 1. The van der Waals surface area contributed by atoms with Crippen LogP contribution in [-0.4, -0.2) is 43.4 Å². The second-order valence-corrected chi connectivity index (χ2v) is 20.5. The van der Waals surface area contributed by atoms with Crippen molar-refractivity contribution in [3.05, 3.63) is 53.6 Å². The maximum atomic E-state index is 12.5. The van der Waals surface area contributed by atoms with Crippen LogP contribution >= 0.6 is 0 Å². The largest absolute Gasteiger partial charge is 0.478 e. The Labute approximate surface area is 291 Å². The average molecular weight is 679 g/mol. The Hall–Kier alpha value is -1.96. The third-order valence-electron chi connectivity index (χ3n) is 15.6. The van der Waals surface area contributed by atoms with Crippen molar-refractivity contribution in [2.75, 3.05) is 13.1 Å². The molecule has 0 aliphatic heterocycles. The highest BCUT2D eigenvalue weighted by Crippen LogP contribution is 2.76. The van der Waals surface area contributed by atoms with Crippen molar-refractivity contribution in [1.29, 1.82) is 0 Å². The van der Waals surface area contributed by atoms with Crippen LogP contribution < -0.4 is 10.0 Å². The molecular formula is C41H62N2O4S. The second kappa shape index (κ2) is 12.1. The molecule has 0 saturated heterocycles. The van der Waals surface area contributed by atoms with Gasteiger partial charge in [0.05, 0.1) is 10.8 Å². The van der Waals surface area contributed by atoms with Gasteiger partial charge in [-0.05, 0) is 153 Å². The SMILES string of the molecule is C=C(C)[C@@H]1CC[C@]2(NCCNS(=O)(=O)C(C)C)CC[C@]3(C)[C@H](CC[C@@H]4[C@@]5(C)CC=C(c6ccc(C(=O)O)cc6)C(C)(C)[C@@H]5CC[C@]43C)[C@@H]12. The summed E-state index contributed by atoms with van der Waals surface area (Å²) >= 11 is 0. The van der Waals surface area contributed by atoms with Crippen LogP contribution in [0.5, 0.6) is 0 Å². The monoisotopic (exact) mass is 678 g/mol. The summed E-state index contributed by atoms with van der Waals surface area (Å²) in [5.74, 6) is 1.99. The minimum Gasteiger partial charge on any atom is -0.478 e. The predicted octanol–water partition coefficient (Wildman–Crippen LogP) is 8.71. The standard InChI is InChI=1S/C41H62N2O4S/c1-26(2)30-16-21-41(42-24-25-43-48(46,47)27(3)4)23-22-39(8)32(35(30)41)14-15-34-38(7)19-17-31(28-10-12-29(13-11-28)36(44)45)37(5,6)33(38)18-20-40(34,39)9/h10-13,17,27,30,32-35,42-43H,1,14-16,18-25H2,2-9H3,(H,44,45)/t30-,32+,33-,34+,35+,38-,39+,40+,41-/m0/s1. The molecule has 0 spiro atoms. The molecule has 48 heavy (non-hydrogen) atoms. The van der Waals surface area contributed by atoms with E-state index in [0.717, 1.165) is 24.8 Å². The molecule has 6 rings (SSSR count). The van der Waals surface area contributed by atoms with Crippen LogP contribution in [0.15, 0.2) is 42.5 Å². The molecule has 0 amide bonds. The lowest BCUT2D eigenvalue weighted by Crippen LogP contribution is -2.68. The number of hydrogen-bond acceptors (Lipinski definition) is 4. The first-order valence-electron chi connectivity index (χ1n) is 18.8. The summed E-state index contributed by atoms with van der Waals surface area (Å²) < 4.78 is 27.8. The zero-order valence-electron chi connectivity index (χ0n) is 30.9. The third kappa shape index (κ3) is 5.30. The summed E-state index contributed by atoms with van der Waals surface area (Å²) in [4.78, 5) is 11.5. The molecule has 4 saturated carbocycles. The van der Waals surface area contributed by atoms with Crippen molar-refractivity contribution >= 4 is 21.6 Å². The molecule has 5 aliphatic carbocycles. The molecule has 266 valence electrons. The van der Waals surface area contributed by atoms with Crippen LogP contribution in [0.1, 0.15) is 129 Å². The van der Waals surface area contributed by atoms with E-state index in [9.17, 15) is 18.3 Å². The van der Waals surface area contributed by atoms with Crippen LogP contribution in [0, 0.1) is 51.2 Å². The van der Waals surface area contributed by atoms with E-state index in [1.807, 2.05) is 12.1 Å². The molecule has 0 unspecified atom stereocenters. The number of allylic oxidation sites excluding steroid dienone is 3. The summed E-state index contributed by atoms with van der Waals surface area (Å²) in [6.45, 7) is 24.2. The lowest BCUT2D eigenvalue weighted by molar-refractivity contribution is -0.219. The van der Waals surface area contributed by atoms with E-state index in [2.05, 4.69) is 64.2 Å². The summed E-state index contributed by atoms with van der Waals surface area (Å²) in [7, 11) is -3.28. The molecule has 4 fully saturated rings. The Kier molecular flexibility index (Phi) is 9.02. The van der Waals surface area contributed by atoms with Crippen LogP contribution in [-0.2, 0) is 10.0 Å². The lowest BCUT2D eigenvalue weighted by Gasteiger charge is -2.72. The topological polar surface area (TPSA) is 95.5 Å². The maximum absolute atomic E-state index is 12.5. The Morgan fingerprint density at radius 1 is 0.917 bits per heavy atom. The number of carboxylic acid groups (broad SMARTS) is 1. The van der Waals surface area contributed by atoms with Crippen LogP contribution in [0.25, 0.3) is 5.57 Å². The van der Waals surface area contributed by atoms with Gasteiger partial charge in [-0.25, -0.2) is 17.9 Å². The average Bonchev–Trinajstić information content (AvgIpc) is 3.39. The molecule has 0 bridgehead atoms. The van der Waals surface area contributed by atoms with Crippen molar-refractivity contribution in [1.82, 2.24) is 10.0 Å². The fourth-order valence-electron chi connectivity index (χ4n) is 13.0. The first-order valence-corrected chi connectivity index (χ1v) is 20.3. The number of nitrogens with one attached hydrogen (secondary N) is 2. The number of rotatable bonds is 9. The number of fused-ring (bicyclic) bond motifs is 7. The zero-order valence-corrected chi connectivity index (χ0v) is 31.7. The predicted molar refractivity (Wildman–Crippen MR) is 196 cm³/mol. The summed E-state index contributed by atoms with van der Waals surface area (Å²) in [5.41, 5.74) is 4.93. The van der Waals surface area contributed by atoms with Gasteiger partial charge in [0.2, 0.25) is 10.0 Å². The molecule has 0 radical (unpaired) electrons. The van der Waals surface area contributed by atoms with Crippen molar-refractivity contribution in [2.45, 2.75) is 124 Å². The number of carbonyl (C=O) groups is 1. The molecule has 1 aromatic rings. The van der Waals surface area contributed by atoms with E-state index >= 15 is 0 Å². The van der Waals surface area contributed by atoms with E-state index in [4.69, 9.17) is 0 Å². The normalized spacial score (nSPS) is 40.3. The summed E-state index contributed by atoms with van der Waals surface area (Å²) in [6.07, 6.45) is 13.3. The van der Waals surface area contributed by atoms with Gasteiger partial charge in [-0.2, -0.15) is 0 Å². The van der Waals surface area contributed by atoms with Gasteiger partial charge in [0.15, 0.2) is 0 Å². The fourth-order valence-corrected chi connectivity index (χ4v) is 13.7. The lowest BCUT2D eigenvalue weighted by atomic mass is 9.33. The van der Waals surface area contributed by atoms with Gasteiger partial charge in [-0.1, -0.05) is 65.0 Å². The molecule has 6 nitrogen and oxygen atoms in total. The van der Waals surface area contributed by atoms with Gasteiger partial charge in [-0.3, -0.25) is 0 Å². The minimum absolute atomic E-state index is 0.00392.